The molecule has 0 atom stereocenters. The minimum Gasteiger partial charge on any atom is -0.494 e. The Kier molecular flexibility index (Phi) is 8.50. The largest absolute Gasteiger partial charge is 0.494 e. The quantitative estimate of drug-likeness (QED) is 0.378. The first-order chi connectivity index (χ1) is 17.3. The van der Waals surface area contributed by atoms with Gasteiger partial charge in [0, 0.05) is 19.6 Å². The van der Waals surface area contributed by atoms with Crippen LogP contribution in [0.3, 0.4) is 0 Å². The highest BCUT2D eigenvalue weighted by Crippen LogP contribution is 2.26. The van der Waals surface area contributed by atoms with Gasteiger partial charge >= 0.3 is 0 Å². The summed E-state index contributed by atoms with van der Waals surface area (Å²) in [5.74, 6) is 1.22. The lowest BCUT2D eigenvalue weighted by atomic mass is 10.2. The van der Waals surface area contributed by atoms with Crippen LogP contribution in [0, 0.1) is 0 Å². The highest BCUT2D eigenvalue weighted by molar-refractivity contribution is 7.89. The molecule has 0 unspecified atom stereocenters. The van der Waals surface area contributed by atoms with Crippen molar-refractivity contribution in [3.63, 3.8) is 0 Å². The first kappa shape index (κ1) is 26.4. The van der Waals surface area contributed by atoms with E-state index in [-0.39, 0.29) is 22.9 Å². The number of furan rings is 1. The van der Waals surface area contributed by atoms with E-state index in [1.54, 1.807) is 24.3 Å². The first-order valence-electron chi connectivity index (χ1n) is 12.1. The van der Waals surface area contributed by atoms with Crippen LogP contribution in [0.4, 0.5) is 0 Å². The summed E-state index contributed by atoms with van der Waals surface area (Å²) in [5.41, 5.74) is 0.786. The molecule has 1 saturated heterocycles. The maximum absolute atomic E-state index is 13.6. The first-order valence-corrected chi connectivity index (χ1v) is 15.0. The van der Waals surface area contributed by atoms with Gasteiger partial charge < -0.3 is 9.15 Å². The molecule has 0 aliphatic carbocycles. The SMILES string of the molecule is CCOc1ccc(CN(Cc2ccco2)S(=O)(=O)c2ccc(S(=O)(=O)N3CCCCCC3)cc2)cc1. The third-order valence-electron chi connectivity index (χ3n) is 6.17. The van der Waals surface area contributed by atoms with E-state index in [2.05, 4.69) is 0 Å². The molecule has 4 rings (SSSR count). The molecule has 0 N–H and O–H groups in total. The van der Waals surface area contributed by atoms with E-state index in [0.29, 0.717) is 31.2 Å². The molecule has 0 saturated carbocycles. The second kappa shape index (κ2) is 11.6. The summed E-state index contributed by atoms with van der Waals surface area (Å²) in [6.07, 6.45) is 5.20. The molecule has 2 aromatic carbocycles. The molecule has 10 heteroatoms. The average molecular weight is 533 g/mol. The lowest BCUT2D eigenvalue weighted by molar-refractivity contribution is 0.339. The number of benzene rings is 2. The molecule has 8 nitrogen and oxygen atoms in total. The van der Waals surface area contributed by atoms with E-state index in [0.717, 1.165) is 31.2 Å². The number of ether oxygens (including phenoxy) is 1. The maximum atomic E-state index is 13.6. The molecule has 2 heterocycles. The van der Waals surface area contributed by atoms with Gasteiger partial charge in [0.05, 0.1) is 29.2 Å². The molecule has 1 aliphatic rings. The zero-order valence-electron chi connectivity index (χ0n) is 20.4. The second-order valence-electron chi connectivity index (χ2n) is 8.72. The van der Waals surface area contributed by atoms with Crippen LogP contribution < -0.4 is 4.74 Å². The lowest BCUT2D eigenvalue weighted by Gasteiger charge is -2.22. The highest BCUT2D eigenvalue weighted by atomic mass is 32.2. The second-order valence-corrected chi connectivity index (χ2v) is 12.6. The molecule has 194 valence electrons. The Balaban J connectivity index is 1.59. The Labute approximate surface area is 213 Å². The van der Waals surface area contributed by atoms with Gasteiger partial charge in [-0.2, -0.15) is 8.61 Å². The fraction of sp³-hybridized carbons (Fsp3) is 0.385. The van der Waals surface area contributed by atoms with Crippen LogP contribution in [0.5, 0.6) is 5.75 Å². The molecular formula is C26H32N2O6S2. The Morgan fingerprint density at radius 1 is 0.833 bits per heavy atom. The Morgan fingerprint density at radius 3 is 2.06 bits per heavy atom. The average Bonchev–Trinajstić information content (AvgIpc) is 3.23. The van der Waals surface area contributed by atoms with Crippen molar-refractivity contribution in [1.82, 2.24) is 8.61 Å². The van der Waals surface area contributed by atoms with Crippen LogP contribution in [-0.4, -0.2) is 45.1 Å². The van der Waals surface area contributed by atoms with Crippen LogP contribution in [-0.2, 0) is 33.1 Å². The van der Waals surface area contributed by atoms with E-state index >= 15 is 0 Å². The van der Waals surface area contributed by atoms with Crippen molar-refractivity contribution in [1.29, 1.82) is 0 Å². The molecule has 1 aliphatic heterocycles. The zero-order chi connectivity index (χ0) is 25.6. The van der Waals surface area contributed by atoms with Crippen LogP contribution in [0.1, 0.15) is 43.9 Å². The van der Waals surface area contributed by atoms with Crippen molar-refractivity contribution in [2.45, 2.75) is 55.5 Å². The third kappa shape index (κ3) is 6.18. The molecule has 1 aromatic heterocycles. The molecule has 0 spiro atoms. The van der Waals surface area contributed by atoms with Gasteiger partial charge in [0.1, 0.15) is 11.5 Å². The standard InChI is InChI=1S/C26H32N2O6S2/c1-2-33-23-11-9-22(10-12-23)20-28(21-24-8-7-19-34-24)36(31,32)26-15-13-25(14-16-26)35(29,30)27-17-5-3-4-6-18-27/h7-16,19H,2-6,17-18,20-21H2,1H3. The van der Waals surface area contributed by atoms with Gasteiger partial charge in [-0.25, -0.2) is 16.8 Å². The van der Waals surface area contributed by atoms with E-state index in [9.17, 15) is 16.8 Å². The molecular weight excluding hydrogens is 500 g/mol. The van der Waals surface area contributed by atoms with Crippen molar-refractivity contribution in [3.8, 4) is 5.75 Å². The molecule has 3 aromatic rings. The van der Waals surface area contributed by atoms with Crippen molar-refractivity contribution < 1.29 is 26.0 Å². The summed E-state index contributed by atoms with van der Waals surface area (Å²) in [4.78, 5) is 0.127. The summed E-state index contributed by atoms with van der Waals surface area (Å²) < 4.78 is 67.2. The molecule has 0 bridgehead atoms. The lowest BCUT2D eigenvalue weighted by Crippen LogP contribution is -2.32. The Bertz CT molecular complexity index is 1310. The van der Waals surface area contributed by atoms with Gasteiger partial charge in [-0.3, -0.25) is 0 Å². The highest BCUT2D eigenvalue weighted by Gasteiger charge is 2.29. The van der Waals surface area contributed by atoms with E-state index < -0.39 is 20.0 Å². The number of sulfonamides is 2. The van der Waals surface area contributed by atoms with Crippen LogP contribution in [0.2, 0.25) is 0 Å². The number of hydrogen-bond donors (Lipinski definition) is 0. The van der Waals surface area contributed by atoms with E-state index in [1.165, 1.54) is 39.1 Å². The normalized spacial score (nSPS) is 15.6. The third-order valence-corrected chi connectivity index (χ3v) is 9.89. The molecule has 36 heavy (non-hydrogen) atoms. The summed E-state index contributed by atoms with van der Waals surface area (Å²) in [7, 11) is -7.62. The van der Waals surface area contributed by atoms with Crippen LogP contribution in [0.15, 0.2) is 81.1 Å². The summed E-state index contributed by atoms with van der Waals surface area (Å²) >= 11 is 0. The fourth-order valence-electron chi connectivity index (χ4n) is 4.23. The smallest absolute Gasteiger partial charge is 0.243 e. The summed E-state index contributed by atoms with van der Waals surface area (Å²) in [6.45, 7) is 3.57. The predicted molar refractivity (Wildman–Crippen MR) is 136 cm³/mol. The Hall–Kier alpha value is -2.66. The topological polar surface area (TPSA) is 97.1 Å². The maximum Gasteiger partial charge on any atom is 0.243 e. The predicted octanol–water partition coefficient (Wildman–Crippen LogP) is 4.63. The molecule has 0 radical (unpaired) electrons. The van der Waals surface area contributed by atoms with Gasteiger partial charge in [-0.05, 0) is 73.9 Å². The number of nitrogens with zero attached hydrogens (tertiary/aromatic N) is 2. The minimum atomic E-state index is -3.95. The summed E-state index contributed by atoms with van der Waals surface area (Å²) in [6, 6.07) is 16.2. The van der Waals surface area contributed by atoms with Crippen molar-refractivity contribution >= 4 is 20.0 Å². The molecule has 0 amide bonds. The van der Waals surface area contributed by atoms with Gasteiger partial charge in [-0.15, -0.1) is 0 Å². The van der Waals surface area contributed by atoms with Gasteiger partial charge in [0.2, 0.25) is 20.0 Å². The monoisotopic (exact) mass is 532 g/mol. The van der Waals surface area contributed by atoms with Crippen LogP contribution in [0.25, 0.3) is 0 Å². The van der Waals surface area contributed by atoms with Gasteiger partial charge in [-0.1, -0.05) is 25.0 Å². The van der Waals surface area contributed by atoms with Crippen molar-refractivity contribution in [2.24, 2.45) is 0 Å². The van der Waals surface area contributed by atoms with Crippen molar-refractivity contribution in [2.75, 3.05) is 19.7 Å². The Morgan fingerprint density at radius 2 is 1.47 bits per heavy atom. The fourth-order valence-corrected chi connectivity index (χ4v) is 7.14. The van der Waals surface area contributed by atoms with Crippen molar-refractivity contribution in [3.05, 3.63) is 78.3 Å². The zero-order valence-corrected chi connectivity index (χ0v) is 22.0. The van der Waals surface area contributed by atoms with Gasteiger partial charge in [0.15, 0.2) is 0 Å². The summed E-state index contributed by atoms with van der Waals surface area (Å²) in [5, 5.41) is 0. The minimum absolute atomic E-state index is 0.0230. The van der Waals surface area contributed by atoms with E-state index in [1.807, 2.05) is 19.1 Å². The van der Waals surface area contributed by atoms with Gasteiger partial charge in [0.25, 0.3) is 0 Å². The van der Waals surface area contributed by atoms with E-state index in [4.69, 9.17) is 9.15 Å². The number of hydrogen-bond acceptors (Lipinski definition) is 6. The number of rotatable bonds is 10. The molecule has 1 fully saturated rings. The van der Waals surface area contributed by atoms with Crippen LogP contribution >= 0.6 is 0 Å².